The van der Waals surface area contributed by atoms with Gasteiger partial charge in [-0.2, -0.15) is 0 Å². The largest absolute Gasteiger partial charge is 0.444 e. The van der Waals surface area contributed by atoms with Gasteiger partial charge in [0.2, 0.25) is 0 Å². The summed E-state index contributed by atoms with van der Waals surface area (Å²) < 4.78 is 30.5. The van der Waals surface area contributed by atoms with E-state index in [0.29, 0.717) is 5.02 Å². The number of alkyl halides is 2. The minimum atomic E-state index is -2.75. The summed E-state index contributed by atoms with van der Waals surface area (Å²) in [5, 5.41) is 2.68. The Morgan fingerprint density at radius 2 is 2.00 bits per heavy atom. The van der Waals surface area contributed by atoms with E-state index in [1.807, 2.05) is 0 Å². The molecule has 1 aromatic carbocycles. The van der Waals surface area contributed by atoms with Crippen molar-refractivity contribution in [3.05, 3.63) is 28.8 Å². The molecule has 0 aromatic heterocycles. The van der Waals surface area contributed by atoms with Crippen LogP contribution in [0.4, 0.5) is 19.3 Å². The number of benzene rings is 1. The third-order valence-electron chi connectivity index (χ3n) is 2.28. The number of anilines is 1. The quantitative estimate of drug-likeness (QED) is 0.888. The van der Waals surface area contributed by atoms with E-state index in [4.69, 9.17) is 22.1 Å². The van der Waals surface area contributed by atoms with Crippen LogP contribution >= 0.6 is 11.6 Å². The van der Waals surface area contributed by atoms with Crippen molar-refractivity contribution in [3.8, 4) is 0 Å². The average molecular weight is 307 g/mol. The van der Waals surface area contributed by atoms with Gasteiger partial charge in [-0.05, 0) is 38.5 Å². The van der Waals surface area contributed by atoms with E-state index in [0.717, 1.165) is 0 Å². The number of halogens is 3. The summed E-state index contributed by atoms with van der Waals surface area (Å²) >= 11 is 5.80. The number of ether oxygens (including phenoxy) is 1. The highest BCUT2D eigenvalue weighted by Gasteiger charge is 2.23. The molecule has 0 radical (unpaired) electrons. The third kappa shape index (κ3) is 4.94. The number of nitrogens with two attached hydrogens (primary N) is 1. The lowest BCUT2D eigenvalue weighted by Gasteiger charge is -2.21. The maximum absolute atomic E-state index is 12.7. The summed E-state index contributed by atoms with van der Waals surface area (Å²) in [5.41, 5.74) is 4.91. The highest BCUT2D eigenvalue weighted by molar-refractivity contribution is 6.31. The molecule has 0 aliphatic heterocycles. The molecule has 0 fully saturated rings. The Bertz CT molecular complexity index is 490. The number of rotatable bonds is 3. The fourth-order valence-electron chi connectivity index (χ4n) is 1.48. The maximum atomic E-state index is 12.7. The molecule has 1 atom stereocenters. The molecule has 20 heavy (non-hydrogen) atoms. The molecular formula is C13H17ClF2N2O2. The summed E-state index contributed by atoms with van der Waals surface area (Å²) in [6.45, 7) is 5.07. The molecule has 7 heteroatoms. The maximum Gasteiger partial charge on any atom is 0.412 e. The summed E-state index contributed by atoms with van der Waals surface area (Å²) in [7, 11) is 0. The highest BCUT2D eigenvalue weighted by Crippen LogP contribution is 2.29. The number of carbonyl (C=O) groups is 1. The van der Waals surface area contributed by atoms with E-state index in [2.05, 4.69) is 5.32 Å². The van der Waals surface area contributed by atoms with Crippen LogP contribution in [-0.2, 0) is 4.74 Å². The van der Waals surface area contributed by atoms with Gasteiger partial charge in [-0.1, -0.05) is 17.7 Å². The Morgan fingerprint density at radius 1 is 1.40 bits per heavy atom. The SMILES string of the molecule is CC(C)(C)OC(=O)Nc1cc(Cl)ccc1C(N)C(F)F. The van der Waals surface area contributed by atoms with Gasteiger partial charge in [-0.3, -0.25) is 5.32 Å². The molecule has 0 saturated heterocycles. The van der Waals surface area contributed by atoms with Gasteiger partial charge in [-0.25, -0.2) is 13.6 Å². The Kier molecular flexibility index (Phi) is 5.30. The van der Waals surface area contributed by atoms with Gasteiger partial charge in [0.15, 0.2) is 0 Å². The minimum absolute atomic E-state index is 0.0928. The number of amides is 1. The molecule has 0 bridgehead atoms. The summed E-state index contributed by atoms with van der Waals surface area (Å²) in [5.74, 6) is 0. The van der Waals surface area contributed by atoms with Crippen molar-refractivity contribution in [1.29, 1.82) is 0 Å². The molecular weight excluding hydrogens is 290 g/mol. The Hall–Kier alpha value is -1.40. The van der Waals surface area contributed by atoms with E-state index in [9.17, 15) is 13.6 Å². The molecule has 4 nitrogen and oxygen atoms in total. The Labute approximate surface area is 121 Å². The van der Waals surface area contributed by atoms with E-state index in [1.54, 1.807) is 20.8 Å². The van der Waals surface area contributed by atoms with Crippen LogP contribution in [0, 0.1) is 0 Å². The van der Waals surface area contributed by atoms with Crippen LogP contribution < -0.4 is 11.1 Å². The molecule has 1 rings (SSSR count). The van der Waals surface area contributed by atoms with Crippen molar-refractivity contribution in [2.45, 2.75) is 38.8 Å². The van der Waals surface area contributed by atoms with Crippen molar-refractivity contribution < 1.29 is 18.3 Å². The fourth-order valence-corrected chi connectivity index (χ4v) is 1.65. The van der Waals surface area contributed by atoms with Gasteiger partial charge >= 0.3 is 6.09 Å². The molecule has 0 heterocycles. The normalized spacial score (nSPS) is 13.2. The number of nitrogens with one attached hydrogen (secondary N) is 1. The molecule has 3 N–H and O–H groups in total. The van der Waals surface area contributed by atoms with Crippen LogP contribution in [0.25, 0.3) is 0 Å². The molecule has 112 valence electrons. The van der Waals surface area contributed by atoms with E-state index in [-0.39, 0.29) is 11.3 Å². The number of hydrogen-bond donors (Lipinski definition) is 2. The smallest absolute Gasteiger partial charge is 0.412 e. The number of carbonyl (C=O) groups excluding carboxylic acids is 1. The first-order valence-corrected chi connectivity index (χ1v) is 6.31. The topological polar surface area (TPSA) is 64.3 Å². The van der Waals surface area contributed by atoms with Crippen molar-refractivity contribution in [3.63, 3.8) is 0 Å². The first kappa shape index (κ1) is 16.7. The number of hydrogen-bond acceptors (Lipinski definition) is 3. The van der Waals surface area contributed by atoms with Crippen molar-refractivity contribution in [2.75, 3.05) is 5.32 Å². The van der Waals surface area contributed by atoms with Gasteiger partial charge in [0.05, 0.1) is 11.7 Å². The zero-order chi connectivity index (χ0) is 15.5. The fraction of sp³-hybridized carbons (Fsp3) is 0.462. The molecule has 0 aliphatic rings. The molecule has 1 aromatic rings. The van der Waals surface area contributed by atoms with Gasteiger partial charge < -0.3 is 10.5 Å². The first-order chi connectivity index (χ1) is 9.10. The highest BCUT2D eigenvalue weighted by atomic mass is 35.5. The van der Waals surface area contributed by atoms with E-state index < -0.39 is 24.2 Å². The van der Waals surface area contributed by atoms with Gasteiger partial charge in [0.1, 0.15) is 5.60 Å². The average Bonchev–Trinajstić information content (AvgIpc) is 2.25. The lowest BCUT2D eigenvalue weighted by molar-refractivity contribution is 0.0634. The summed E-state index contributed by atoms with van der Waals surface area (Å²) in [4.78, 5) is 11.7. The summed E-state index contributed by atoms with van der Waals surface area (Å²) in [6.07, 6.45) is -3.52. The van der Waals surface area contributed by atoms with Crippen molar-refractivity contribution in [1.82, 2.24) is 0 Å². The van der Waals surface area contributed by atoms with Crippen LogP contribution in [0.2, 0.25) is 5.02 Å². The van der Waals surface area contributed by atoms with E-state index >= 15 is 0 Å². The lowest BCUT2D eigenvalue weighted by Crippen LogP contribution is -2.28. The van der Waals surface area contributed by atoms with Crippen LogP contribution in [0.15, 0.2) is 18.2 Å². The zero-order valence-corrected chi connectivity index (χ0v) is 12.2. The predicted octanol–water partition coefficient (Wildman–Crippen LogP) is 3.95. The minimum Gasteiger partial charge on any atom is -0.444 e. The van der Waals surface area contributed by atoms with Gasteiger partial charge in [0.25, 0.3) is 6.43 Å². The molecule has 1 unspecified atom stereocenters. The van der Waals surface area contributed by atoms with Gasteiger partial charge in [0, 0.05) is 5.02 Å². The summed E-state index contributed by atoms with van der Waals surface area (Å²) in [6, 6.07) is 2.62. The van der Waals surface area contributed by atoms with Gasteiger partial charge in [-0.15, -0.1) is 0 Å². The third-order valence-corrected chi connectivity index (χ3v) is 2.52. The second-order valence-electron chi connectivity index (χ2n) is 5.22. The Morgan fingerprint density at radius 3 is 2.50 bits per heavy atom. The van der Waals surface area contributed by atoms with Crippen molar-refractivity contribution >= 4 is 23.4 Å². The van der Waals surface area contributed by atoms with Crippen LogP contribution in [0.5, 0.6) is 0 Å². The molecule has 0 spiro atoms. The van der Waals surface area contributed by atoms with Crippen LogP contribution in [0.3, 0.4) is 0 Å². The first-order valence-electron chi connectivity index (χ1n) is 5.93. The lowest BCUT2D eigenvalue weighted by atomic mass is 10.1. The predicted molar refractivity (Wildman–Crippen MR) is 74.2 cm³/mol. The molecule has 0 saturated carbocycles. The zero-order valence-electron chi connectivity index (χ0n) is 11.4. The molecule has 1 amide bonds. The molecule has 0 aliphatic carbocycles. The van der Waals surface area contributed by atoms with E-state index in [1.165, 1.54) is 18.2 Å². The Balaban J connectivity index is 2.98. The second-order valence-corrected chi connectivity index (χ2v) is 5.66. The monoisotopic (exact) mass is 306 g/mol. The standard InChI is InChI=1S/C13H17ClF2N2O2/c1-13(2,3)20-12(19)18-9-6-7(14)4-5-8(9)10(17)11(15)16/h4-6,10-11H,17H2,1-3H3,(H,18,19). The van der Waals surface area contributed by atoms with Crippen LogP contribution in [-0.4, -0.2) is 18.1 Å². The van der Waals surface area contributed by atoms with Crippen LogP contribution in [0.1, 0.15) is 32.4 Å². The second kappa shape index (κ2) is 6.37. The van der Waals surface area contributed by atoms with Crippen molar-refractivity contribution in [2.24, 2.45) is 5.73 Å².